The molecule has 130 valence electrons. The molecular weight excluding hydrogens is 320 g/mol. The first-order chi connectivity index (χ1) is 11.4. The Balaban J connectivity index is 3.37. The number of rotatable bonds is 8. The number of ether oxygens (including phenoxy) is 4. The summed E-state index contributed by atoms with van der Waals surface area (Å²) in [5.74, 6) is -2.45. The van der Waals surface area contributed by atoms with Crippen LogP contribution < -0.4 is 18.9 Å². The fourth-order valence-corrected chi connectivity index (χ4v) is 1.51. The van der Waals surface area contributed by atoms with E-state index in [1.165, 1.54) is 12.1 Å². The zero-order valence-electron chi connectivity index (χ0n) is 13.6. The van der Waals surface area contributed by atoms with Gasteiger partial charge in [0.05, 0.1) is 0 Å². The van der Waals surface area contributed by atoms with Crippen LogP contribution in [0.5, 0.6) is 23.0 Å². The summed E-state index contributed by atoms with van der Waals surface area (Å²) in [5, 5.41) is 0. The molecule has 24 heavy (non-hydrogen) atoms. The predicted octanol–water partition coefficient (Wildman–Crippen LogP) is 2.17. The maximum Gasteiger partial charge on any atom is 0.311 e. The van der Waals surface area contributed by atoms with Gasteiger partial charge in [-0.2, -0.15) is 0 Å². The molecule has 0 aliphatic carbocycles. The van der Waals surface area contributed by atoms with Crippen molar-refractivity contribution in [2.45, 2.75) is 40.0 Å². The molecular formula is C16H18O8. The normalized spacial score (nSPS) is 9.79. The number of benzene rings is 1. The highest BCUT2D eigenvalue weighted by atomic mass is 16.6. The minimum atomic E-state index is -0.627. The van der Waals surface area contributed by atoms with Gasteiger partial charge in [0.15, 0.2) is 11.5 Å². The minimum Gasteiger partial charge on any atom is -0.426 e. The molecule has 0 amide bonds. The second kappa shape index (κ2) is 9.29. The largest absolute Gasteiger partial charge is 0.426 e. The number of hydrogen-bond donors (Lipinski definition) is 0. The molecule has 1 aromatic rings. The molecule has 8 heteroatoms. The van der Waals surface area contributed by atoms with Crippen LogP contribution in [0.2, 0.25) is 0 Å². The first-order valence-electron chi connectivity index (χ1n) is 7.35. The smallest absolute Gasteiger partial charge is 0.311 e. The Morgan fingerprint density at radius 2 is 1.33 bits per heavy atom. The van der Waals surface area contributed by atoms with Gasteiger partial charge in [-0.15, -0.1) is 0 Å². The molecule has 0 N–H and O–H groups in total. The fourth-order valence-electron chi connectivity index (χ4n) is 1.51. The molecule has 1 rings (SSSR count). The van der Waals surface area contributed by atoms with Gasteiger partial charge in [0, 0.05) is 31.4 Å². The van der Waals surface area contributed by atoms with Crippen molar-refractivity contribution in [3.8, 4) is 23.0 Å². The molecule has 8 nitrogen and oxygen atoms in total. The lowest BCUT2D eigenvalue weighted by Gasteiger charge is -2.14. The number of hydrogen-bond acceptors (Lipinski definition) is 8. The van der Waals surface area contributed by atoms with Gasteiger partial charge in [0.2, 0.25) is 5.75 Å². The number of carbonyl (C=O) groups is 4. The molecule has 0 saturated carbocycles. The highest BCUT2D eigenvalue weighted by molar-refractivity contribution is 5.79. The van der Waals surface area contributed by atoms with Crippen LogP contribution in [0, 0.1) is 0 Å². The summed E-state index contributed by atoms with van der Waals surface area (Å²) < 4.78 is 19.9. The monoisotopic (exact) mass is 338 g/mol. The molecule has 0 spiro atoms. The third-order valence-electron chi connectivity index (χ3n) is 2.71. The van der Waals surface area contributed by atoms with E-state index in [0.717, 1.165) is 0 Å². The van der Waals surface area contributed by atoms with Gasteiger partial charge in [0.1, 0.15) is 5.75 Å². The van der Waals surface area contributed by atoms with Gasteiger partial charge in [-0.25, -0.2) is 0 Å². The van der Waals surface area contributed by atoms with Crippen molar-refractivity contribution < 1.29 is 38.1 Å². The fraction of sp³-hybridized carbons (Fsp3) is 0.375. The van der Waals surface area contributed by atoms with Crippen LogP contribution in [-0.4, -0.2) is 24.4 Å². The third-order valence-corrected chi connectivity index (χ3v) is 2.71. The summed E-state index contributed by atoms with van der Waals surface area (Å²) in [7, 11) is 0. The summed E-state index contributed by atoms with van der Waals surface area (Å²) in [6, 6.07) is 2.39. The van der Waals surface area contributed by atoms with E-state index in [1.807, 2.05) is 0 Å². The maximum atomic E-state index is 11.6. The Morgan fingerprint density at radius 1 is 0.833 bits per heavy atom. The standard InChI is InChI=1S/C16H18O8/c1-4-13(18)22-10-7-11(21-9-17)16(24-15(20)6-3)12(8-10)23-14(19)5-2/h7-9H,4-6H2,1-3H3. The topological polar surface area (TPSA) is 105 Å². The molecule has 0 saturated heterocycles. The minimum absolute atomic E-state index is 0.0195. The summed E-state index contributed by atoms with van der Waals surface area (Å²) in [6.07, 6.45) is 0.221. The highest BCUT2D eigenvalue weighted by Gasteiger charge is 2.21. The second-order valence-corrected chi connectivity index (χ2v) is 4.45. The van der Waals surface area contributed by atoms with E-state index in [-0.39, 0.29) is 48.7 Å². The Morgan fingerprint density at radius 3 is 1.88 bits per heavy atom. The van der Waals surface area contributed by atoms with E-state index in [1.54, 1.807) is 20.8 Å². The molecule has 0 atom stereocenters. The molecule has 0 fully saturated rings. The van der Waals surface area contributed by atoms with E-state index >= 15 is 0 Å². The van der Waals surface area contributed by atoms with Crippen molar-refractivity contribution in [1.82, 2.24) is 0 Å². The van der Waals surface area contributed by atoms with Gasteiger partial charge in [-0.1, -0.05) is 20.8 Å². The van der Waals surface area contributed by atoms with Crippen molar-refractivity contribution >= 4 is 24.4 Å². The van der Waals surface area contributed by atoms with Crippen molar-refractivity contribution in [3.05, 3.63) is 12.1 Å². The molecule has 0 unspecified atom stereocenters. The molecule has 0 radical (unpaired) electrons. The van der Waals surface area contributed by atoms with Crippen molar-refractivity contribution in [3.63, 3.8) is 0 Å². The highest BCUT2D eigenvalue weighted by Crippen LogP contribution is 2.42. The Labute approximate surface area is 138 Å². The van der Waals surface area contributed by atoms with Crippen LogP contribution in [0.25, 0.3) is 0 Å². The van der Waals surface area contributed by atoms with Crippen molar-refractivity contribution in [2.24, 2.45) is 0 Å². The zero-order chi connectivity index (χ0) is 18.1. The third kappa shape index (κ3) is 5.38. The summed E-state index contributed by atoms with van der Waals surface area (Å²) >= 11 is 0. The molecule has 0 heterocycles. The molecule has 1 aromatic carbocycles. The van der Waals surface area contributed by atoms with Gasteiger partial charge in [-0.05, 0) is 0 Å². The lowest BCUT2D eigenvalue weighted by atomic mass is 10.2. The zero-order valence-corrected chi connectivity index (χ0v) is 13.6. The Kier molecular flexibility index (Phi) is 7.41. The van der Waals surface area contributed by atoms with E-state index in [2.05, 4.69) is 0 Å². The van der Waals surface area contributed by atoms with E-state index in [4.69, 9.17) is 18.9 Å². The predicted molar refractivity (Wildman–Crippen MR) is 80.9 cm³/mol. The lowest BCUT2D eigenvalue weighted by Crippen LogP contribution is -2.13. The van der Waals surface area contributed by atoms with Crippen LogP contribution in [0.1, 0.15) is 40.0 Å². The van der Waals surface area contributed by atoms with Gasteiger partial charge in [0.25, 0.3) is 6.47 Å². The number of carbonyl (C=O) groups excluding carboxylic acids is 4. The van der Waals surface area contributed by atoms with Gasteiger partial charge < -0.3 is 18.9 Å². The average Bonchev–Trinajstić information content (AvgIpc) is 2.57. The Bertz CT molecular complexity index is 635. The maximum absolute atomic E-state index is 11.6. The van der Waals surface area contributed by atoms with Crippen LogP contribution >= 0.6 is 0 Å². The van der Waals surface area contributed by atoms with Crippen molar-refractivity contribution in [2.75, 3.05) is 0 Å². The van der Waals surface area contributed by atoms with Crippen LogP contribution in [0.3, 0.4) is 0 Å². The SMILES string of the molecule is CCC(=O)Oc1cc(OC=O)c(OC(=O)CC)c(OC(=O)CC)c1. The molecule has 0 bridgehead atoms. The molecule has 0 aliphatic heterocycles. The average molecular weight is 338 g/mol. The number of esters is 3. The first-order valence-corrected chi connectivity index (χ1v) is 7.35. The van der Waals surface area contributed by atoms with Crippen LogP contribution in [-0.2, 0) is 19.2 Å². The Hall–Kier alpha value is -2.90. The summed E-state index contributed by atoms with van der Waals surface area (Å²) in [5.41, 5.74) is 0. The molecule has 0 aromatic heterocycles. The van der Waals surface area contributed by atoms with E-state index in [0.29, 0.717) is 0 Å². The van der Waals surface area contributed by atoms with E-state index < -0.39 is 17.9 Å². The van der Waals surface area contributed by atoms with Gasteiger partial charge >= 0.3 is 17.9 Å². The quantitative estimate of drug-likeness (QED) is 0.403. The van der Waals surface area contributed by atoms with Crippen LogP contribution in [0.15, 0.2) is 12.1 Å². The summed E-state index contributed by atoms with van der Waals surface area (Å²) in [4.78, 5) is 45.2. The van der Waals surface area contributed by atoms with Gasteiger partial charge in [-0.3, -0.25) is 19.2 Å². The summed E-state index contributed by atoms with van der Waals surface area (Å²) in [6.45, 7) is 4.84. The van der Waals surface area contributed by atoms with Crippen LogP contribution in [0.4, 0.5) is 0 Å². The molecule has 0 aliphatic rings. The lowest BCUT2D eigenvalue weighted by molar-refractivity contribution is -0.137. The first kappa shape index (κ1) is 19.1. The second-order valence-electron chi connectivity index (χ2n) is 4.45. The van der Waals surface area contributed by atoms with E-state index in [9.17, 15) is 19.2 Å². The van der Waals surface area contributed by atoms with Crippen molar-refractivity contribution in [1.29, 1.82) is 0 Å².